The van der Waals surface area contributed by atoms with E-state index in [9.17, 15) is 0 Å². The summed E-state index contributed by atoms with van der Waals surface area (Å²) in [5, 5.41) is 1.49. The Morgan fingerprint density at radius 1 is 1.06 bits per heavy atom. The van der Waals surface area contributed by atoms with Gasteiger partial charge < -0.3 is 4.74 Å². The highest BCUT2D eigenvalue weighted by Crippen LogP contribution is 2.04. The molecule has 4 heteroatoms. The monoisotopic (exact) mass is 253 g/mol. The number of hydrogen-bond acceptors (Lipinski definition) is 3. The molecule has 17 heavy (non-hydrogen) atoms. The van der Waals surface area contributed by atoms with Crippen LogP contribution < -0.4 is 10.7 Å². The lowest BCUT2D eigenvalue weighted by Crippen LogP contribution is -2.37. The SMILES string of the molecule is COCCONCc1ccc([Si](C)(C)C)cc1. The lowest BCUT2D eigenvalue weighted by atomic mass is 10.2. The summed E-state index contributed by atoms with van der Waals surface area (Å²) in [6.07, 6.45) is 0. The largest absolute Gasteiger partial charge is 0.382 e. The molecule has 0 amide bonds. The smallest absolute Gasteiger partial charge is 0.0916 e. The highest BCUT2D eigenvalue weighted by atomic mass is 28.3. The van der Waals surface area contributed by atoms with E-state index >= 15 is 0 Å². The molecule has 0 aliphatic carbocycles. The first kappa shape index (κ1) is 14.4. The molecule has 0 atom stereocenters. The van der Waals surface area contributed by atoms with E-state index in [0.717, 1.165) is 6.54 Å². The molecule has 0 radical (unpaired) electrons. The number of benzene rings is 1. The highest BCUT2D eigenvalue weighted by Gasteiger charge is 2.15. The third-order valence-electron chi connectivity index (χ3n) is 2.59. The number of rotatable bonds is 7. The number of hydrogen-bond donors (Lipinski definition) is 1. The lowest BCUT2D eigenvalue weighted by molar-refractivity contribution is 0.00347. The fourth-order valence-electron chi connectivity index (χ4n) is 1.45. The molecule has 1 aromatic rings. The summed E-state index contributed by atoms with van der Waals surface area (Å²) in [5.74, 6) is 0. The van der Waals surface area contributed by atoms with Crippen molar-refractivity contribution in [3.05, 3.63) is 29.8 Å². The molecule has 0 aliphatic rings. The molecule has 0 aromatic heterocycles. The maximum absolute atomic E-state index is 5.21. The van der Waals surface area contributed by atoms with Gasteiger partial charge in [0.2, 0.25) is 0 Å². The average molecular weight is 253 g/mol. The van der Waals surface area contributed by atoms with Gasteiger partial charge in [0, 0.05) is 13.7 Å². The molecular weight excluding hydrogens is 230 g/mol. The number of nitrogens with one attached hydrogen (secondary N) is 1. The summed E-state index contributed by atoms with van der Waals surface area (Å²) in [6.45, 7) is 8.98. The van der Waals surface area contributed by atoms with E-state index in [1.807, 2.05) is 0 Å². The molecule has 0 aliphatic heterocycles. The van der Waals surface area contributed by atoms with Gasteiger partial charge in [-0.1, -0.05) is 49.1 Å². The van der Waals surface area contributed by atoms with Crippen LogP contribution in [0.1, 0.15) is 5.56 Å². The van der Waals surface area contributed by atoms with Gasteiger partial charge in [0.15, 0.2) is 0 Å². The topological polar surface area (TPSA) is 30.5 Å². The van der Waals surface area contributed by atoms with E-state index in [2.05, 4.69) is 49.4 Å². The second-order valence-electron chi connectivity index (χ2n) is 5.11. The predicted octanol–water partition coefficient (Wildman–Crippen LogP) is 1.90. The summed E-state index contributed by atoms with van der Waals surface area (Å²) in [6, 6.07) is 8.80. The Bertz CT molecular complexity index is 319. The summed E-state index contributed by atoms with van der Waals surface area (Å²) in [4.78, 5) is 5.21. The summed E-state index contributed by atoms with van der Waals surface area (Å²) in [5.41, 5.74) is 4.17. The molecule has 1 rings (SSSR count). The molecule has 3 nitrogen and oxygen atoms in total. The normalized spacial score (nSPS) is 11.8. The van der Waals surface area contributed by atoms with Crippen LogP contribution in [0.2, 0.25) is 19.6 Å². The van der Waals surface area contributed by atoms with Crippen molar-refractivity contribution in [2.75, 3.05) is 20.3 Å². The zero-order valence-electron chi connectivity index (χ0n) is 11.2. The van der Waals surface area contributed by atoms with Gasteiger partial charge in [0.1, 0.15) is 0 Å². The Balaban J connectivity index is 2.36. The van der Waals surface area contributed by atoms with Gasteiger partial charge >= 0.3 is 0 Å². The van der Waals surface area contributed by atoms with Crippen molar-refractivity contribution in [3.63, 3.8) is 0 Å². The van der Waals surface area contributed by atoms with Gasteiger partial charge in [-0.25, -0.2) is 0 Å². The quantitative estimate of drug-likeness (QED) is 0.457. The van der Waals surface area contributed by atoms with Crippen molar-refractivity contribution in [1.82, 2.24) is 5.48 Å². The van der Waals surface area contributed by atoms with Crippen LogP contribution in [0, 0.1) is 0 Å². The van der Waals surface area contributed by atoms with Gasteiger partial charge in [-0.15, -0.1) is 0 Å². The van der Waals surface area contributed by atoms with E-state index in [1.54, 1.807) is 7.11 Å². The van der Waals surface area contributed by atoms with Crippen LogP contribution in [-0.4, -0.2) is 28.4 Å². The third kappa shape index (κ3) is 5.45. The zero-order valence-corrected chi connectivity index (χ0v) is 12.2. The van der Waals surface area contributed by atoms with Crippen molar-refractivity contribution in [3.8, 4) is 0 Å². The molecular formula is C13H23NO2Si. The molecule has 0 spiro atoms. The highest BCUT2D eigenvalue weighted by molar-refractivity contribution is 6.88. The molecule has 0 saturated heterocycles. The van der Waals surface area contributed by atoms with Gasteiger partial charge in [0.05, 0.1) is 21.3 Å². The van der Waals surface area contributed by atoms with Crippen molar-refractivity contribution in [1.29, 1.82) is 0 Å². The fraction of sp³-hybridized carbons (Fsp3) is 0.538. The van der Waals surface area contributed by atoms with E-state index in [0.29, 0.717) is 13.2 Å². The van der Waals surface area contributed by atoms with Gasteiger partial charge in [0.25, 0.3) is 0 Å². The lowest BCUT2D eigenvalue weighted by Gasteiger charge is -2.16. The van der Waals surface area contributed by atoms with E-state index in [-0.39, 0.29) is 0 Å². The Morgan fingerprint density at radius 2 is 1.71 bits per heavy atom. The van der Waals surface area contributed by atoms with E-state index in [1.165, 1.54) is 10.8 Å². The van der Waals surface area contributed by atoms with Crippen LogP contribution in [0.15, 0.2) is 24.3 Å². The van der Waals surface area contributed by atoms with E-state index in [4.69, 9.17) is 9.57 Å². The maximum atomic E-state index is 5.21. The van der Waals surface area contributed by atoms with Crippen molar-refractivity contribution < 1.29 is 9.57 Å². The number of ether oxygens (including phenoxy) is 1. The number of methoxy groups -OCH3 is 1. The van der Waals surface area contributed by atoms with Crippen molar-refractivity contribution >= 4 is 13.3 Å². The molecule has 0 bridgehead atoms. The van der Waals surface area contributed by atoms with E-state index < -0.39 is 8.07 Å². The first-order chi connectivity index (χ1) is 8.04. The minimum atomic E-state index is -1.17. The Morgan fingerprint density at radius 3 is 2.24 bits per heavy atom. The van der Waals surface area contributed by atoms with Crippen LogP contribution in [0.5, 0.6) is 0 Å². The summed E-state index contributed by atoms with van der Waals surface area (Å²) >= 11 is 0. The summed E-state index contributed by atoms with van der Waals surface area (Å²) in [7, 11) is 0.492. The van der Waals surface area contributed by atoms with Gasteiger partial charge in [-0.2, -0.15) is 5.48 Å². The van der Waals surface area contributed by atoms with Crippen LogP contribution in [0.3, 0.4) is 0 Å². The molecule has 0 saturated carbocycles. The Labute approximate surface area is 105 Å². The molecule has 1 N–H and O–H groups in total. The third-order valence-corrected chi connectivity index (χ3v) is 4.65. The van der Waals surface area contributed by atoms with Crippen molar-refractivity contribution in [2.45, 2.75) is 26.2 Å². The molecule has 0 fully saturated rings. The minimum absolute atomic E-state index is 0.573. The average Bonchev–Trinajstić information content (AvgIpc) is 2.28. The first-order valence-corrected chi connectivity index (χ1v) is 9.47. The Kier molecular flexibility index (Phi) is 5.84. The van der Waals surface area contributed by atoms with Gasteiger partial charge in [-0.05, 0) is 5.56 Å². The fourth-order valence-corrected chi connectivity index (χ4v) is 2.62. The molecule has 96 valence electrons. The molecule has 1 aromatic carbocycles. The maximum Gasteiger partial charge on any atom is 0.0916 e. The van der Waals surface area contributed by atoms with Crippen LogP contribution in [0.4, 0.5) is 0 Å². The zero-order chi connectivity index (χ0) is 12.7. The molecule has 0 heterocycles. The van der Waals surface area contributed by atoms with Crippen molar-refractivity contribution in [2.24, 2.45) is 0 Å². The minimum Gasteiger partial charge on any atom is -0.382 e. The first-order valence-electron chi connectivity index (χ1n) is 5.97. The predicted molar refractivity (Wildman–Crippen MR) is 74.1 cm³/mol. The van der Waals surface area contributed by atoms with Gasteiger partial charge in [-0.3, -0.25) is 4.84 Å². The number of hydroxylamine groups is 1. The Hall–Kier alpha value is -0.683. The summed E-state index contributed by atoms with van der Waals surface area (Å²) < 4.78 is 4.89. The van der Waals surface area contributed by atoms with Crippen LogP contribution in [-0.2, 0) is 16.1 Å². The second kappa shape index (κ2) is 6.91. The standard InChI is InChI=1S/C13H23NO2Si/c1-15-9-10-16-14-11-12-5-7-13(8-6-12)17(2,3)4/h5-8,14H,9-11H2,1-4H3. The molecule has 0 unspecified atom stereocenters. The van der Waals surface area contributed by atoms with Crippen LogP contribution in [0.25, 0.3) is 0 Å². The van der Waals surface area contributed by atoms with Crippen LogP contribution >= 0.6 is 0 Å². The second-order valence-corrected chi connectivity index (χ2v) is 10.2.